The lowest BCUT2D eigenvalue weighted by molar-refractivity contribution is -0.242. The zero-order valence-corrected chi connectivity index (χ0v) is 5.56. The van der Waals surface area contributed by atoms with Gasteiger partial charge in [0.2, 0.25) is 7.18 Å². The van der Waals surface area contributed by atoms with Crippen LogP contribution in [0.5, 0.6) is 0 Å². The third-order valence-corrected chi connectivity index (χ3v) is 0.839. The second-order valence-electron chi connectivity index (χ2n) is 1.54. The highest BCUT2D eigenvalue weighted by Gasteiger charge is 1.81. The molecule has 0 aromatic rings. The first kappa shape index (κ1) is 11.6. The van der Waals surface area contributed by atoms with Crippen molar-refractivity contribution < 1.29 is 14.5 Å². The average Bonchev–Trinajstić information content (AvgIpc) is 1.94. The van der Waals surface area contributed by atoms with Crippen molar-refractivity contribution in [3.8, 4) is 0 Å². The second kappa shape index (κ2) is 15.7. The lowest BCUT2D eigenvalue weighted by Crippen LogP contribution is -1.86. The van der Waals surface area contributed by atoms with Crippen LogP contribution >= 0.6 is 0 Å². The van der Waals surface area contributed by atoms with E-state index in [1.54, 1.807) is 0 Å². The normalized spacial score (nSPS) is 8.00. The molecule has 0 spiro atoms. The van der Waals surface area contributed by atoms with Gasteiger partial charge in [-0.15, -0.1) is 0 Å². The third kappa shape index (κ3) is 18.1. The Labute approximate surface area is 55.6 Å². The Hall–Kier alpha value is -0.150. The molecule has 0 aromatic carbocycles. The van der Waals surface area contributed by atoms with Crippen LogP contribution in [-0.4, -0.2) is 11.9 Å². The summed E-state index contributed by atoms with van der Waals surface area (Å²) in [5, 5.41) is 7.79. The van der Waals surface area contributed by atoms with Crippen LogP contribution in [0.2, 0.25) is 0 Å². The molecule has 0 saturated carbocycles. The third-order valence-electron chi connectivity index (χ3n) is 0.839. The van der Waals surface area contributed by atoms with Crippen molar-refractivity contribution in [2.24, 2.45) is 0 Å². The van der Waals surface area contributed by atoms with E-state index >= 15 is 0 Å². The van der Waals surface area contributed by atoms with Gasteiger partial charge >= 0.3 is 0 Å². The lowest BCUT2D eigenvalue weighted by atomic mass is 10.3. The number of hydrogen-bond donors (Lipinski definition) is 1. The first-order chi connectivity index (χ1) is 4.41. The molecular formula is C6H12FO2. The van der Waals surface area contributed by atoms with Gasteiger partial charge in [-0.2, -0.15) is 0 Å². The summed E-state index contributed by atoms with van der Waals surface area (Å²) >= 11 is 0. The van der Waals surface area contributed by atoms with E-state index in [-0.39, 0.29) is 0 Å². The fourth-order valence-electron chi connectivity index (χ4n) is 0.417. The van der Waals surface area contributed by atoms with Gasteiger partial charge < -0.3 is 0 Å². The molecular weight excluding hydrogens is 123 g/mol. The Morgan fingerprint density at radius 2 is 2.00 bits per heavy atom. The molecule has 1 N–H and O–H groups in total. The van der Waals surface area contributed by atoms with E-state index in [1.165, 1.54) is 6.42 Å². The zero-order valence-electron chi connectivity index (χ0n) is 5.56. The standard InChI is InChI=1S/C5H12O2.CF/c1-2-3-4-5-7-6;1-2/h6H,2-5H2,1H3;. The molecule has 3 heteroatoms. The molecule has 2 nitrogen and oxygen atoms in total. The van der Waals surface area contributed by atoms with Gasteiger partial charge in [-0.3, -0.25) is 5.26 Å². The Bertz CT molecular complexity index is 30.2. The average molecular weight is 135 g/mol. The molecule has 0 amide bonds. The topological polar surface area (TPSA) is 29.5 Å². The van der Waals surface area contributed by atoms with Crippen LogP contribution in [0.3, 0.4) is 0 Å². The summed E-state index contributed by atoms with van der Waals surface area (Å²) in [7, 11) is 4.25. The SMILES string of the molecule is CCCCCOO.[C]F. The van der Waals surface area contributed by atoms with Gasteiger partial charge in [-0.25, -0.2) is 9.28 Å². The number of unbranched alkanes of at least 4 members (excludes halogenated alkanes) is 2. The van der Waals surface area contributed by atoms with Gasteiger partial charge in [0.05, 0.1) is 6.61 Å². The van der Waals surface area contributed by atoms with Crippen LogP contribution in [0.15, 0.2) is 0 Å². The highest BCUT2D eigenvalue weighted by Crippen LogP contribution is 1.91. The Morgan fingerprint density at radius 1 is 1.44 bits per heavy atom. The van der Waals surface area contributed by atoms with Gasteiger partial charge in [0.25, 0.3) is 0 Å². The van der Waals surface area contributed by atoms with Gasteiger partial charge in [0, 0.05) is 0 Å². The van der Waals surface area contributed by atoms with Gasteiger partial charge in [-0.1, -0.05) is 19.8 Å². The summed E-state index contributed by atoms with van der Waals surface area (Å²) in [6.07, 6.45) is 3.27. The molecule has 0 aromatic heterocycles. The Kier molecular flexibility index (Phi) is 20.2. The molecule has 0 atom stereocenters. The van der Waals surface area contributed by atoms with Crippen LogP contribution in [0, 0.1) is 7.18 Å². The second-order valence-corrected chi connectivity index (χ2v) is 1.54. The largest absolute Gasteiger partial charge is 0.252 e. The number of hydrogen-bond acceptors (Lipinski definition) is 2. The minimum absolute atomic E-state index is 0.480. The maximum absolute atomic E-state index is 8.75. The minimum Gasteiger partial charge on any atom is -0.252 e. The first-order valence-corrected chi connectivity index (χ1v) is 2.87. The van der Waals surface area contributed by atoms with Gasteiger partial charge in [0.15, 0.2) is 0 Å². The van der Waals surface area contributed by atoms with Crippen LogP contribution in [-0.2, 0) is 4.89 Å². The summed E-state index contributed by atoms with van der Waals surface area (Å²) in [5.41, 5.74) is 0. The number of rotatable bonds is 4. The summed E-state index contributed by atoms with van der Waals surface area (Å²) in [6.45, 7) is 2.59. The van der Waals surface area contributed by atoms with Crippen molar-refractivity contribution in [1.82, 2.24) is 0 Å². The Morgan fingerprint density at radius 3 is 2.33 bits per heavy atom. The maximum atomic E-state index is 8.75. The minimum atomic E-state index is 0.480. The van der Waals surface area contributed by atoms with Crippen molar-refractivity contribution in [1.29, 1.82) is 0 Å². The highest BCUT2D eigenvalue weighted by atomic mass is 19.1. The summed E-state index contributed by atoms with van der Waals surface area (Å²) in [6, 6.07) is 0. The van der Waals surface area contributed by atoms with E-state index in [9.17, 15) is 0 Å². The zero-order chi connectivity index (χ0) is 7.54. The summed E-state index contributed by atoms with van der Waals surface area (Å²) in [4.78, 5) is 3.84. The Balaban J connectivity index is 0. The molecule has 3 radical (unpaired) electrons. The predicted octanol–water partition coefficient (Wildman–Crippen LogP) is 2.17. The molecule has 0 fully saturated rings. The van der Waals surface area contributed by atoms with Crippen molar-refractivity contribution in [2.45, 2.75) is 26.2 Å². The van der Waals surface area contributed by atoms with E-state index in [0.717, 1.165) is 12.8 Å². The molecule has 0 unspecified atom stereocenters. The summed E-state index contributed by atoms with van der Waals surface area (Å²) in [5.74, 6) is 0. The monoisotopic (exact) mass is 135 g/mol. The maximum Gasteiger partial charge on any atom is 0.232 e. The summed E-state index contributed by atoms with van der Waals surface area (Å²) < 4.78 is 8.75. The molecule has 9 heavy (non-hydrogen) atoms. The molecule has 0 saturated heterocycles. The number of halogens is 1. The van der Waals surface area contributed by atoms with Crippen molar-refractivity contribution in [3.63, 3.8) is 0 Å². The van der Waals surface area contributed by atoms with E-state index < -0.39 is 0 Å². The quantitative estimate of drug-likeness (QED) is 0.363. The van der Waals surface area contributed by atoms with E-state index in [4.69, 9.17) is 9.65 Å². The molecule has 55 valence electrons. The first-order valence-electron chi connectivity index (χ1n) is 2.87. The predicted molar refractivity (Wildman–Crippen MR) is 32.5 cm³/mol. The van der Waals surface area contributed by atoms with E-state index in [2.05, 4.69) is 19.0 Å². The fraction of sp³-hybridized carbons (Fsp3) is 0.833. The lowest BCUT2D eigenvalue weighted by Gasteiger charge is -1.90. The van der Waals surface area contributed by atoms with Crippen LogP contribution in [0.1, 0.15) is 26.2 Å². The fourth-order valence-corrected chi connectivity index (χ4v) is 0.417. The molecule has 0 heterocycles. The van der Waals surface area contributed by atoms with Crippen molar-refractivity contribution in [3.05, 3.63) is 7.18 Å². The van der Waals surface area contributed by atoms with Crippen LogP contribution < -0.4 is 0 Å². The highest BCUT2D eigenvalue weighted by molar-refractivity contribution is 4.31. The van der Waals surface area contributed by atoms with Crippen molar-refractivity contribution in [2.75, 3.05) is 6.61 Å². The van der Waals surface area contributed by atoms with Gasteiger partial charge in [0.1, 0.15) is 0 Å². The molecule has 0 aliphatic heterocycles. The van der Waals surface area contributed by atoms with E-state index in [0.29, 0.717) is 6.61 Å². The van der Waals surface area contributed by atoms with Crippen molar-refractivity contribution >= 4 is 0 Å². The van der Waals surface area contributed by atoms with E-state index in [1.807, 2.05) is 0 Å². The molecule has 0 aliphatic rings. The van der Waals surface area contributed by atoms with Crippen LogP contribution in [0.4, 0.5) is 4.39 Å². The molecule has 0 aliphatic carbocycles. The van der Waals surface area contributed by atoms with Crippen LogP contribution in [0.25, 0.3) is 0 Å². The smallest absolute Gasteiger partial charge is 0.232 e. The molecule has 0 rings (SSSR count). The molecule has 0 bridgehead atoms. The van der Waals surface area contributed by atoms with Gasteiger partial charge in [-0.05, 0) is 6.42 Å².